The van der Waals surface area contributed by atoms with Gasteiger partial charge in [-0.1, -0.05) is 17.7 Å². The number of benzene rings is 1. The fourth-order valence-electron chi connectivity index (χ4n) is 2.11. The Bertz CT molecular complexity index is 418. The Hall–Kier alpha value is -0.970. The average Bonchev–Trinajstić information content (AvgIpc) is 2.40. The van der Waals surface area contributed by atoms with E-state index in [0.717, 1.165) is 18.7 Å². The molecule has 2 aliphatic heterocycles. The first-order chi connectivity index (χ1) is 8.36. The second kappa shape index (κ2) is 4.72. The molecule has 4 nitrogen and oxygen atoms in total. The van der Waals surface area contributed by atoms with E-state index < -0.39 is 0 Å². The molecule has 1 aromatic rings. The van der Waals surface area contributed by atoms with Crippen LogP contribution in [0.5, 0.6) is 11.5 Å². The Morgan fingerprint density at radius 2 is 2.06 bits per heavy atom. The predicted octanol–water partition coefficient (Wildman–Crippen LogP) is 1.77. The van der Waals surface area contributed by atoms with Crippen LogP contribution in [-0.2, 0) is 4.74 Å². The first-order valence-electron chi connectivity index (χ1n) is 5.76. The van der Waals surface area contributed by atoms with Crippen LogP contribution in [0.2, 0.25) is 5.02 Å². The van der Waals surface area contributed by atoms with Crippen molar-refractivity contribution in [3.63, 3.8) is 0 Å². The molecule has 3 rings (SSSR count). The lowest BCUT2D eigenvalue weighted by Gasteiger charge is -2.27. The summed E-state index contributed by atoms with van der Waals surface area (Å²) in [6.07, 6.45) is -0.00734. The monoisotopic (exact) mass is 255 g/mol. The van der Waals surface area contributed by atoms with Crippen molar-refractivity contribution >= 4 is 11.6 Å². The molecular formula is C12H14ClNO3. The summed E-state index contributed by atoms with van der Waals surface area (Å²) in [5.74, 6) is 1.36. The fourth-order valence-corrected chi connectivity index (χ4v) is 2.44. The average molecular weight is 256 g/mol. The number of ether oxygens (including phenoxy) is 3. The van der Waals surface area contributed by atoms with Crippen molar-refractivity contribution in [1.82, 2.24) is 5.32 Å². The van der Waals surface area contributed by atoms with E-state index in [1.165, 1.54) is 0 Å². The van der Waals surface area contributed by atoms with Gasteiger partial charge in [-0.15, -0.1) is 0 Å². The van der Waals surface area contributed by atoms with Crippen molar-refractivity contribution in [2.24, 2.45) is 0 Å². The van der Waals surface area contributed by atoms with Gasteiger partial charge in [0.15, 0.2) is 11.5 Å². The summed E-state index contributed by atoms with van der Waals surface area (Å²) in [7, 11) is 0. The maximum Gasteiger partial charge on any atom is 0.180 e. The van der Waals surface area contributed by atoms with E-state index in [4.69, 9.17) is 25.8 Å². The molecular weight excluding hydrogens is 242 g/mol. The Kier molecular flexibility index (Phi) is 3.09. The van der Waals surface area contributed by atoms with Crippen LogP contribution in [0.1, 0.15) is 11.7 Å². The summed E-state index contributed by atoms with van der Waals surface area (Å²) >= 11 is 6.35. The second-order valence-electron chi connectivity index (χ2n) is 4.06. The summed E-state index contributed by atoms with van der Waals surface area (Å²) in [6, 6.07) is 3.85. The fraction of sp³-hybridized carbons (Fsp3) is 0.500. The Balaban J connectivity index is 1.94. The van der Waals surface area contributed by atoms with Crippen LogP contribution in [0.3, 0.4) is 0 Å². The molecule has 2 aliphatic rings. The lowest BCUT2D eigenvalue weighted by Crippen LogP contribution is -2.33. The van der Waals surface area contributed by atoms with Gasteiger partial charge in [0.1, 0.15) is 13.2 Å². The highest BCUT2D eigenvalue weighted by Crippen LogP contribution is 2.42. The van der Waals surface area contributed by atoms with Crippen molar-refractivity contribution in [1.29, 1.82) is 0 Å². The highest BCUT2D eigenvalue weighted by molar-refractivity contribution is 6.33. The lowest BCUT2D eigenvalue weighted by atomic mass is 10.1. The van der Waals surface area contributed by atoms with Crippen molar-refractivity contribution in [2.45, 2.75) is 6.10 Å². The molecule has 0 aromatic heterocycles. The second-order valence-corrected chi connectivity index (χ2v) is 4.43. The SMILES string of the molecule is Clc1c(C2CNCCO2)ccc2c1OCCO2. The molecule has 2 heterocycles. The van der Waals surface area contributed by atoms with Gasteiger partial charge in [-0.25, -0.2) is 0 Å². The molecule has 1 unspecified atom stereocenters. The van der Waals surface area contributed by atoms with Crippen LogP contribution < -0.4 is 14.8 Å². The van der Waals surface area contributed by atoms with Gasteiger partial charge in [0.2, 0.25) is 0 Å². The molecule has 1 fully saturated rings. The maximum atomic E-state index is 6.35. The molecule has 0 amide bonds. The quantitative estimate of drug-likeness (QED) is 0.830. The first kappa shape index (κ1) is 11.1. The Labute approximate surface area is 105 Å². The van der Waals surface area contributed by atoms with Crippen molar-refractivity contribution in [2.75, 3.05) is 32.9 Å². The minimum atomic E-state index is -0.00734. The third-order valence-corrected chi connectivity index (χ3v) is 3.34. The molecule has 1 saturated heterocycles. The molecule has 0 aliphatic carbocycles. The molecule has 0 spiro atoms. The summed E-state index contributed by atoms with van der Waals surface area (Å²) in [6.45, 7) is 3.48. The van der Waals surface area contributed by atoms with Crippen LogP contribution in [0.4, 0.5) is 0 Å². The van der Waals surface area contributed by atoms with Gasteiger partial charge in [0, 0.05) is 18.7 Å². The highest BCUT2D eigenvalue weighted by Gasteiger charge is 2.24. The number of rotatable bonds is 1. The number of hydrogen-bond donors (Lipinski definition) is 1. The van der Waals surface area contributed by atoms with Gasteiger partial charge in [0.05, 0.1) is 17.7 Å². The van der Waals surface area contributed by atoms with Crippen molar-refractivity contribution < 1.29 is 14.2 Å². The van der Waals surface area contributed by atoms with Crippen LogP contribution in [0, 0.1) is 0 Å². The zero-order chi connectivity index (χ0) is 11.7. The molecule has 0 saturated carbocycles. The molecule has 1 aromatic carbocycles. The van der Waals surface area contributed by atoms with Gasteiger partial charge in [0.25, 0.3) is 0 Å². The Morgan fingerprint density at radius 3 is 2.88 bits per heavy atom. The topological polar surface area (TPSA) is 39.7 Å². The zero-order valence-corrected chi connectivity index (χ0v) is 10.1. The van der Waals surface area contributed by atoms with E-state index in [1.807, 2.05) is 12.1 Å². The third-order valence-electron chi connectivity index (χ3n) is 2.95. The number of halogens is 1. The lowest BCUT2D eigenvalue weighted by molar-refractivity contribution is 0.0274. The van der Waals surface area contributed by atoms with Crippen LogP contribution >= 0.6 is 11.6 Å². The van der Waals surface area contributed by atoms with Gasteiger partial charge >= 0.3 is 0 Å². The predicted molar refractivity (Wildman–Crippen MR) is 64.0 cm³/mol. The van der Waals surface area contributed by atoms with Crippen LogP contribution in [0.25, 0.3) is 0 Å². The first-order valence-corrected chi connectivity index (χ1v) is 6.14. The molecule has 0 radical (unpaired) electrons. The number of hydrogen-bond acceptors (Lipinski definition) is 4. The molecule has 92 valence electrons. The van der Waals surface area contributed by atoms with E-state index >= 15 is 0 Å². The summed E-state index contributed by atoms with van der Waals surface area (Å²) in [5.41, 5.74) is 0.961. The summed E-state index contributed by atoms with van der Waals surface area (Å²) in [4.78, 5) is 0. The maximum absolute atomic E-state index is 6.35. The number of morpholine rings is 1. The van der Waals surface area contributed by atoms with Crippen LogP contribution in [-0.4, -0.2) is 32.9 Å². The molecule has 17 heavy (non-hydrogen) atoms. The van der Waals surface area contributed by atoms with E-state index in [-0.39, 0.29) is 6.10 Å². The van der Waals surface area contributed by atoms with Crippen LogP contribution in [0.15, 0.2) is 12.1 Å². The van der Waals surface area contributed by atoms with E-state index in [0.29, 0.717) is 36.3 Å². The van der Waals surface area contributed by atoms with Crippen molar-refractivity contribution in [3.05, 3.63) is 22.7 Å². The largest absolute Gasteiger partial charge is 0.486 e. The van der Waals surface area contributed by atoms with Crippen molar-refractivity contribution in [3.8, 4) is 11.5 Å². The standard InChI is InChI=1S/C12H14ClNO3/c13-11-8(10-7-14-3-4-15-10)1-2-9-12(11)17-6-5-16-9/h1-2,10,14H,3-7H2. The van der Waals surface area contributed by atoms with E-state index in [9.17, 15) is 0 Å². The van der Waals surface area contributed by atoms with Gasteiger partial charge in [-0.3, -0.25) is 0 Å². The zero-order valence-electron chi connectivity index (χ0n) is 9.37. The molecule has 1 atom stereocenters. The van der Waals surface area contributed by atoms with Gasteiger partial charge in [-0.05, 0) is 6.07 Å². The minimum Gasteiger partial charge on any atom is -0.486 e. The number of nitrogens with one attached hydrogen (secondary N) is 1. The minimum absolute atomic E-state index is 0.00734. The van der Waals surface area contributed by atoms with E-state index in [2.05, 4.69) is 5.32 Å². The Morgan fingerprint density at radius 1 is 1.18 bits per heavy atom. The van der Waals surface area contributed by atoms with Gasteiger partial charge in [-0.2, -0.15) is 0 Å². The summed E-state index contributed by atoms with van der Waals surface area (Å²) < 4.78 is 16.7. The molecule has 0 bridgehead atoms. The number of fused-ring (bicyclic) bond motifs is 1. The van der Waals surface area contributed by atoms with Gasteiger partial charge < -0.3 is 19.5 Å². The third kappa shape index (κ3) is 2.08. The van der Waals surface area contributed by atoms with E-state index in [1.54, 1.807) is 0 Å². The normalized spacial score (nSPS) is 23.5. The molecule has 1 N–H and O–H groups in total. The summed E-state index contributed by atoms with van der Waals surface area (Å²) in [5, 5.41) is 3.89. The highest BCUT2D eigenvalue weighted by atomic mass is 35.5. The molecule has 5 heteroatoms. The smallest absolute Gasteiger partial charge is 0.180 e.